The predicted octanol–water partition coefficient (Wildman–Crippen LogP) is 0.891. The van der Waals surface area contributed by atoms with Crippen LogP contribution in [0.4, 0.5) is 11.8 Å². The second-order valence-corrected chi connectivity index (χ2v) is 3.99. The van der Waals surface area contributed by atoms with Crippen LogP contribution in [-0.2, 0) is 0 Å². The second-order valence-electron chi connectivity index (χ2n) is 3.99. The highest BCUT2D eigenvalue weighted by atomic mass is 16.2. The molecule has 1 amide bonds. The molecule has 0 fully saturated rings. The Bertz CT molecular complexity index is 717. The Morgan fingerprint density at radius 3 is 2.75 bits per heavy atom. The number of amides is 1. The maximum atomic E-state index is 12.0. The van der Waals surface area contributed by atoms with E-state index in [1.54, 1.807) is 0 Å². The van der Waals surface area contributed by atoms with Gasteiger partial charge >= 0.3 is 0 Å². The lowest BCUT2D eigenvalue weighted by molar-refractivity contribution is 0.102. The van der Waals surface area contributed by atoms with Crippen molar-refractivity contribution in [3.63, 3.8) is 0 Å². The molecule has 0 saturated carbocycles. The molecule has 3 rings (SSSR count). The number of H-pyrrole nitrogens is 1. The Kier molecular flexibility index (Phi) is 2.98. The minimum atomic E-state index is -0.403. The van der Waals surface area contributed by atoms with Crippen LogP contribution in [0.5, 0.6) is 0 Å². The number of para-hydroxylation sites is 2. The number of hydrazine groups is 1. The summed E-state index contributed by atoms with van der Waals surface area (Å²) in [5.41, 5.74) is 4.13. The average molecular weight is 269 g/mol. The summed E-state index contributed by atoms with van der Waals surface area (Å²) in [7, 11) is 0. The third-order valence-corrected chi connectivity index (χ3v) is 2.65. The van der Waals surface area contributed by atoms with Crippen LogP contribution in [-0.4, -0.2) is 25.8 Å². The van der Waals surface area contributed by atoms with Gasteiger partial charge in [-0.1, -0.05) is 12.1 Å². The summed E-state index contributed by atoms with van der Waals surface area (Å²) in [6, 6.07) is 7.48. The summed E-state index contributed by atoms with van der Waals surface area (Å²) in [5, 5.41) is 2.63. The lowest BCUT2D eigenvalue weighted by atomic mass is 10.3. The first-order valence-corrected chi connectivity index (χ1v) is 5.81. The number of aromatic nitrogens is 4. The molecular formula is C12H11N7O. The SMILES string of the molecule is NNc1cnc(C(=O)Nc2nc3ccccc3[nH]2)cn1. The van der Waals surface area contributed by atoms with Crippen LogP contribution < -0.4 is 16.6 Å². The van der Waals surface area contributed by atoms with Crippen molar-refractivity contribution in [2.45, 2.75) is 0 Å². The van der Waals surface area contributed by atoms with E-state index >= 15 is 0 Å². The molecule has 0 spiro atoms. The standard InChI is InChI=1S/C12H11N7O/c13-19-10-6-14-9(5-15-10)11(20)18-12-16-7-3-1-2-4-8(7)17-12/h1-6H,13H2,(H,15,19)(H2,16,17,18,20). The molecule has 20 heavy (non-hydrogen) atoms. The highest BCUT2D eigenvalue weighted by Crippen LogP contribution is 2.13. The number of hydrogen-bond donors (Lipinski definition) is 4. The monoisotopic (exact) mass is 269 g/mol. The van der Waals surface area contributed by atoms with E-state index in [9.17, 15) is 4.79 Å². The third-order valence-electron chi connectivity index (χ3n) is 2.65. The third kappa shape index (κ3) is 2.27. The minimum absolute atomic E-state index is 0.171. The van der Waals surface area contributed by atoms with Gasteiger partial charge in [0, 0.05) is 0 Å². The lowest BCUT2D eigenvalue weighted by Gasteiger charge is -2.01. The molecule has 2 aromatic heterocycles. The molecule has 0 aliphatic rings. The van der Waals surface area contributed by atoms with Crippen LogP contribution in [0, 0.1) is 0 Å². The summed E-state index contributed by atoms with van der Waals surface area (Å²) in [4.78, 5) is 27.1. The van der Waals surface area contributed by atoms with E-state index in [4.69, 9.17) is 5.84 Å². The van der Waals surface area contributed by atoms with Crippen molar-refractivity contribution in [1.29, 1.82) is 0 Å². The zero-order chi connectivity index (χ0) is 13.9. The molecule has 8 heteroatoms. The molecule has 0 aliphatic heterocycles. The number of hydrogen-bond acceptors (Lipinski definition) is 6. The Labute approximate surface area is 113 Å². The maximum absolute atomic E-state index is 12.0. The van der Waals surface area contributed by atoms with E-state index in [2.05, 4.69) is 30.7 Å². The van der Waals surface area contributed by atoms with Gasteiger partial charge in [-0.3, -0.25) is 10.1 Å². The molecule has 5 N–H and O–H groups in total. The average Bonchev–Trinajstić information content (AvgIpc) is 2.89. The van der Waals surface area contributed by atoms with Crippen molar-refractivity contribution in [2.24, 2.45) is 5.84 Å². The lowest BCUT2D eigenvalue weighted by Crippen LogP contribution is -2.16. The van der Waals surface area contributed by atoms with Gasteiger partial charge in [0.1, 0.15) is 5.69 Å². The zero-order valence-corrected chi connectivity index (χ0v) is 10.3. The van der Waals surface area contributed by atoms with Crippen molar-refractivity contribution < 1.29 is 4.79 Å². The van der Waals surface area contributed by atoms with Crippen molar-refractivity contribution in [3.8, 4) is 0 Å². The van der Waals surface area contributed by atoms with Gasteiger partial charge in [-0.2, -0.15) is 0 Å². The fraction of sp³-hybridized carbons (Fsp3) is 0. The van der Waals surface area contributed by atoms with Gasteiger partial charge in [-0.25, -0.2) is 20.8 Å². The van der Waals surface area contributed by atoms with Crippen molar-refractivity contribution in [2.75, 3.05) is 10.7 Å². The molecular weight excluding hydrogens is 258 g/mol. The quantitative estimate of drug-likeness (QED) is 0.414. The molecule has 100 valence electrons. The Balaban J connectivity index is 1.80. The molecule has 1 aromatic carbocycles. The number of nitrogens with two attached hydrogens (primary N) is 1. The smallest absolute Gasteiger partial charge is 0.278 e. The molecule has 0 radical (unpaired) electrons. The maximum Gasteiger partial charge on any atom is 0.278 e. The Morgan fingerprint density at radius 1 is 1.20 bits per heavy atom. The van der Waals surface area contributed by atoms with Gasteiger partial charge in [0.15, 0.2) is 5.82 Å². The number of carbonyl (C=O) groups excluding carboxylic acids is 1. The number of benzene rings is 1. The molecule has 0 unspecified atom stereocenters. The van der Waals surface area contributed by atoms with Crippen molar-refractivity contribution in [3.05, 3.63) is 42.4 Å². The molecule has 2 heterocycles. The van der Waals surface area contributed by atoms with Crippen LogP contribution in [0.25, 0.3) is 11.0 Å². The Hall–Kier alpha value is -3.00. The van der Waals surface area contributed by atoms with Gasteiger partial charge in [0.05, 0.1) is 23.4 Å². The molecule has 8 nitrogen and oxygen atoms in total. The zero-order valence-electron chi connectivity index (χ0n) is 10.3. The van der Waals surface area contributed by atoms with Crippen LogP contribution in [0.2, 0.25) is 0 Å². The topological polar surface area (TPSA) is 122 Å². The van der Waals surface area contributed by atoms with Gasteiger partial charge in [-0.15, -0.1) is 0 Å². The summed E-state index contributed by atoms with van der Waals surface area (Å²) >= 11 is 0. The fourth-order valence-electron chi connectivity index (χ4n) is 1.70. The van der Waals surface area contributed by atoms with Gasteiger partial charge < -0.3 is 10.4 Å². The number of rotatable bonds is 3. The summed E-state index contributed by atoms with van der Waals surface area (Å²) in [6.07, 6.45) is 2.70. The second kappa shape index (κ2) is 4.94. The van der Waals surface area contributed by atoms with Gasteiger partial charge in [0.2, 0.25) is 5.95 Å². The fourth-order valence-corrected chi connectivity index (χ4v) is 1.70. The summed E-state index contributed by atoms with van der Waals surface area (Å²) in [5.74, 6) is 5.51. The number of fused-ring (bicyclic) bond motifs is 1. The van der Waals surface area contributed by atoms with Crippen molar-refractivity contribution >= 4 is 28.7 Å². The van der Waals surface area contributed by atoms with E-state index in [-0.39, 0.29) is 5.69 Å². The van der Waals surface area contributed by atoms with E-state index in [1.165, 1.54) is 12.4 Å². The molecule has 0 aliphatic carbocycles. The molecule has 0 saturated heterocycles. The first kappa shape index (κ1) is 12.1. The van der Waals surface area contributed by atoms with Crippen molar-refractivity contribution in [1.82, 2.24) is 19.9 Å². The normalized spacial score (nSPS) is 10.4. The number of nitrogens with one attached hydrogen (secondary N) is 3. The number of nitrogens with zero attached hydrogens (tertiary/aromatic N) is 3. The number of carbonyl (C=O) groups is 1. The number of nitrogen functional groups attached to an aromatic ring is 1. The summed E-state index contributed by atoms with van der Waals surface area (Å²) < 4.78 is 0. The molecule has 0 bridgehead atoms. The summed E-state index contributed by atoms with van der Waals surface area (Å²) in [6.45, 7) is 0. The van der Waals surface area contributed by atoms with Crippen LogP contribution >= 0.6 is 0 Å². The van der Waals surface area contributed by atoms with E-state index in [0.717, 1.165) is 11.0 Å². The minimum Gasteiger partial charge on any atom is -0.324 e. The first-order chi connectivity index (χ1) is 9.76. The predicted molar refractivity (Wildman–Crippen MR) is 73.9 cm³/mol. The Morgan fingerprint density at radius 2 is 2.05 bits per heavy atom. The van der Waals surface area contributed by atoms with Crippen LogP contribution in [0.15, 0.2) is 36.7 Å². The number of aromatic amines is 1. The largest absolute Gasteiger partial charge is 0.324 e. The van der Waals surface area contributed by atoms with Gasteiger partial charge in [-0.05, 0) is 12.1 Å². The highest BCUT2D eigenvalue weighted by Gasteiger charge is 2.10. The first-order valence-electron chi connectivity index (χ1n) is 5.81. The van der Waals surface area contributed by atoms with E-state index in [1.807, 2.05) is 24.3 Å². The van der Waals surface area contributed by atoms with Crippen LogP contribution in [0.3, 0.4) is 0 Å². The molecule has 0 atom stereocenters. The highest BCUT2D eigenvalue weighted by molar-refractivity contribution is 6.02. The van der Waals surface area contributed by atoms with Gasteiger partial charge in [0.25, 0.3) is 5.91 Å². The number of anilines is 2. The number of imidazole rings is 1. The molecule has 3 aromatic rings. The van der Waals surface area contributed by atoms with Crippen LogP contribution in [0.1, 0.15) is 10.5 Å². The van der Waals surface area contributed by atoms with E-state index < -0.39 is 5.91 Å². The van der Waals surface area contributed by atoms with E-state index in [0.29, 0.717) is 11.8 Å².